The molecule has 0 saturated carbocycles. The minimum atomic E-state index is -0.0370. The zero-order valence-corrected chi connectivity index (χ0v) is 15.2. The molecular formula is C19H26N4O2. The fraction of sp³-hybridized carbons (Fsp3) is 0.474. The summed E-state index contributed by atoms with van der Waals surface area (Å²) in [5.74, 6) is 0.676. The van der Waals surface area contributed by atoms with Crippen molar-refractivity contribution >= 4 is 5.91 Å². The lowest BCUT2D eigenvalue weighted by Gasteiger charge is -2.19. The van der Waals surface area contributed by atoms with E-state index >= 15 is 0 Å². The molecular weight excluding hydrogens is 316 g/mol. The molecule has 0 aliphatic carbocycles. The molecule has 1 aliphatic heterocycles. The van der Waals surface area contributed by atoms with E-state index in [-0.39, 0.29) is 5.91 Å². The maximum absolute atomic E-state index is 12.6. The third-order valence-corrected chi connectivity index (χ3v) is 4.68. The van der Waals surface area contributed by atoms with Gasteiger partial charge in [0, 0.05) is 31.7 Å². The standard InChI is InChI=1S/C19H26N4O2/c1-21(2)16-9-10-23(13-16)19(24)18-11-17(25-20-18)14-22(3)12-15-7-5-4-6-8-15/h4-8,11,16H,9-10,12-14H2,1-3H3/t16-/m1/s1. The topological polar surface area (TPSA) is 52.8 Å². The van der Waals surface area contributed by atoms with Crippen molar-refractivity contribution in [1.82, 2.24) is 19.9 Å². The zero-order chi connectivity index (χ0) is 17.8. The van der Waals surface area contributed by atoms with E-state index in [4.69, 9.17) is 4.52 Å². The second kappa shape index (κ2) is 7.80. The largest absolute Gasteiger partial charge is 0.359 e. The summed E-state index contributed by atoms with van der Waals surface area (Å²) in [7, 11) is 6.13. The number of benzene rings is 1. The number of likely N-dealkylation sites (tertiary alicyclic amines) is 1. The lowest BCUT2D eigenvalue weighted by Crippen LogP contribution is -2.34. The molecule has 2 heterocycles. The van der Waals surface area contributed by atoms with Gasteiger partial charge in [-0.25, -0.2) is 0 Å². The van der Waals surface area contributed by atoms with E-state index in [2.05, 4.69) is 41.2 Å². The van der Waals surface area contributed by atoms with Gasteiger partial charge < -0.3 is 14.3 Å². The molecule has 1 aromatic heterocycles. The molecule has 1 amide bonds. The zero-order valence-electron chi connectivity index (χ0n) is 15.2. The Kier molecular flexibility index (Phi) is 5.50. The second-order valence-electron chi connectivity index (χ2n) is 6.99. The van der Waals surface area contributed by atoms with Gasteiger partial charge in [0.1, 0.15) is 0 Å². The quantitative estimate of drug-likeness (QED) is 0.804. The Labute approximate surface area is 149 Å². The van der Waals surface area contributed by atoms with Crippen molar-refractivity contribution in [3.63, 3.8) is 0 Å². The first-order valence-corrected chi connectivity index (χ1v) is 8.66. The fourth-order valence-electron chi connectivity index (χ4n) is 3.22. The smallest absolute Gasteiger partial charge is 0.276 e. The predicted octanol–water partition coefficient (Wildman–Crippen LogP) is 2.08. The second-order valence-corrected chi connectivity index (χ2v) is 6.99. The summed E-state index contributed by atoms with van der Waals surface area (Å²) in [5, 5.41) is 3.98. The highest BCUT2D eigenvalue weighted by atomic mass is 16.5. The van der Waals surface area contributed by atoms with Crippen LogP contribution in [0.5, 0.6) is 0 Å². The van der Waals surface area contributed by atoms with Crippen LogP contribution in [0.25, 0.3) is 0 Å². The molecule has 0 unspecified atom stereocenters. The molecule has 2 aromatic rings. The summed E-state index contributed by atoms with van der Waals surface area (Å²) in [6.45, 7) is 2.97. The predicted molar refractivity (Wildman–Crippen MR) is 96.1 cm³/mol. The number of rotatable bonds is 6. The normalized spacial score (nSPS) is 17.6. The van der Waals surface area contributed by atoms with E-state index in [0.717, 1.165) is 26.1 Å². The molecule has 3 rings (SSSR count). The monoisotopic (exact) mass is 342 g/mol. The van der Waals surface area contributed by atoms with Crippen LogP contribution in [-0.2, 0) is 13.1 Å². The Morgan fingerprint density at radius 3 is 2.68 bits per heavy atom. The molecule has 0 spiro atoms. The lowest BCUT2D eigenvalue weighted by atomic mass is 10.2. The van der Waals surface area contributed by atoms with Gasteiger partial charge in [-0.3, -0.25) is 9.69 Å². The van der Waals surface area contributed by atoms with Crippen LogP contribution in [0.2, 0.25) is 0 Å². The summed E-state index contributed by atoms with van der Waals surface area (Å²) in [4.78, 5) is 18.7. The molecule has 6 heteroatoms. The first-order valence-electron chi connectivity index (χ1n) is 8.66. The minimum Gasteiger partial charge on any atom is -0.359 e. The van der Waals surface area contributed by atoms with Crippen LogP contribution in [0, 0.1) is 0 Å². The number of aromatic nitrogens is 1. The Morgan fingerprint density at radius 2 is 2.00 bits per heavy atom. The van der Waals surface area contributed by atoms with Crippen LogP contribution in [0.15, 0.2) is 40.9 Å². The van der Waals surface area contributed by atoms with Crippen LogP contribution in [0.4, 0.5) is 0 Å². The molecule has 1 saturated heterocycles. The van der Waals surface area contributed by atoms with Crippen molar-refractivity contribution in [3.8, 4) is 0 Å². The van der Waals surface area contributed by atoms with Crippen LogP contribution in [0.3, 0.4) is 0 Å². The lowest BCUT2D eigenvalue weighted by molar-refractivity contribution is 0.0772. The number of nitrogens with zero attached hydrogens (tertiary/aromatic N) is 4. The Hall–Kier alpha value is -2.18. The molecule has 1 aromatic carbocycles. The first-order chi connectivity index (χ1) is 12.0. The van der Waals surface area contributed by atoms with Gasteiger partial charge in [-0.1, -0.05) is 35.5 Å². The number of carbonyl (C=O) groups is 1. The summed E-state index contributed by atoms with van der Waals surface area (Å²) >= 11 is 0. The maximum Gasteiger partial charge on any atom is 0.276 e. The minimum absolute atomic E-state index is 0.0370. The molecule has 0 radical (unpaired) electrons. The highest BCUT2D eigenvalue weighted by molar-refractivity contribution is 5.92. The average molecular weight is 342 g/mol. The molecule has 1 aliphatic rings. The Morgan fingerprint density at radius 1 is 1.24 bits per heavy atom. The summed E-state index contributed by atoms with van der Waals surface area (Å²) in [6.07, 6.45) is 1.00. The number of amides is 1. The summed E-state index contributed by atoms with van der Waals surface area (Å²) in [6, 6.07) is 12.5. The fourth-order valence-corrected chi connectivity index (χ4v) is 3.22. The third kappa shape index (κ3) is 4.46. The highest BCUT2D eigenvalue weighted by Crippen LogP contribution is 2.17. The van der Waals surface area contributed by atoms with Crippen molar-refractivity contribution in [3.05, 3.63) is 53.4 Å². The van der Waals surface area contributed by atoms with E-state index in [1.807, 2.05) is 30.1 Å². The van der Waals surface area contributed by atoms with Gasteiger partial charge in [-0.2, -0.15) is 0 Å². The van der Waals surface area contributed by atoms with Crippen LogP contribution in [-0.4, -0.2) is 66.0 Å². The van der Waals surface area contributed by atoms with Gasteiger partial charge >= 0.3 is 0 Å². The van der Waals surface area contributed by atoms with E-state index in [0.29, 0.717) is 24.0 Å². The van der Waals surface area contributed by atoms with Gasteiger partial charge in [0.15, 0.2) is 11.5 Å². The summed E-state index contributed by atoms with van der Waals surface area (Å²) < 4.78 is 5.38. The summed E-state index contributed by atoms with van der Waals surface area (Å²) in [5.41, 5.74) is 1.65. The molecule has 1 fully saturated rings. The van der Waals surface area contributed by atoms with E-state index < -0.39 is 0 Å². The Bertz CT molecular complexity index is 698. The maximum atomic E-state index is 12.6. The van der Waals surface area contributed by atoms with Gasteiger partial charge in [0.05, 0.1) is 6.54 Å². The first kappa shape index (κ1) is 17.6. The number of hydrogen-bond acceptors (Lipinski definition) is 5. The molecule has 1 atom stereocenters. The molecule has 0 bridgehead atoms. The van der Waals surface area contributed by atoms with Crippen molar-refractivity contribution in [1.29, 1.82) is 0 Å². The van der Waals surface area contributed by atoms with Gasteiger partial charge in [0.2, 0.25) is 0 Å². The van der Waals surface area contributed by atoms with Gasteiger partial charge in [-0.05, 0) is 33.1 Å². The van der Waals surface area contributed by atoms with Gasteiger partial charge in [0.25, 0.3) is 5.91 Å². The average Bonchev–Trinajstić information content (AvgIpc) is 3.24. The third-order valence-electron chi connectivity index (χ3n) is 4.68. The number of carbonyl (C=O) groups excluding carboxylic acids is 1. The molecule has 0 N–H and O–H groups in total. The highest BCUT2D eigenvalue weighted by Gasteiger charge is 2.29. The van der Waals surface area contributed by atoms with Gasteiger partial charge in [-0.15, -0.1) is 0 Å². The molecule has 134 valence electrons. The molecule has 25 heavy (non-hydrogen) atoms. The number of hydrogen-bond donors (Lipinski definition) is 0. The van der Waals surface area contributed by atoms with E-state index in [1.54, 1.807) is 6.07 Å². The molecule has 6 nitrogen and oxygen atoms in total. The van der Waals surface area contributed by atoms with E-state index in [9.17, 15) is 4.79 Å². The van der Waals surface area contributed by atoms with Crippen molar-refractivity contribution < 1.29 is 9.32 Å². The van der Waals surface area contributed by atoms with Crippen LogP contribution in [0.1, 0.15) is 28.2 Å². The van der Waals surface area contributed by atoms with Crippen LogP contribution >= 0.6 is 0 Å². The van der Waals surface area contributed by atoms with Crippen molar-refractivity contribution in [2.45, 2.75) is 25.6 Å². The Balaban J connectivity index is 1.56. The van der Waals surface area contributed by atoms with Crippen LogP contribution < -0.4 is 0 Å². The van der Waals surface area contributed by atoms with Crippen molar-refractivity contribution in [2.24, 2.45) is 0 Å². The number of likely N-dealkylation sites (N-methyl/N-ethyl adjacent to an activating group) is 1. The van der Waals surface area contributed by atoms with Crippen molar-refractivity contribution in [2.75, 3.05) is 34.2 Å². The van der Waals surface area contributed by atoms with E-state index in [1.165, 1.54) is 5.56 Å². The SMILES string of the molecule is CN(Cc1ccccc1)Cc1cc(C(=O)N2CC[C@@H](N(C)C)C2)no1.